The summed E-state index contributed by atoms with van der Waals surface area (Å²) in [6, 6.07) is 0. The summed E-state index contributed by atoms with van der Waals surface area (Å²) < 4.78 is 59.7. The summed E-state index contributed by atoms with van der Waals surface area (Å²) in [5, 5.41) is 0. The molecule has 0 amide bonds. The zero-order valence-electron chi connectivity index (χ0n) is 27.3. The van der Waals surface area contributed by atoms with Crippen LogP contribution in [0.1, 0.15) is 117 Å². The largest absolute Gasteiger partial charge is 0.377 e. The second kappa shape index (κ2) is 27.2. The fraction of sp³-hybridized carbons (Fsp3) is 1.00. The van der Waals surface area contributed by atoms with Gasteiger partial charge in [0.2, 0.25) is 0 Å². The zero-order chi connectivity index (χ0) is 30.7. The molecule has 0 aliphatic carbocycles. The lowest BCUT2D eigenvalue weighted by atomic mass is 10.0. The quantitative estimate of drug-likeness (QED) is 0.0469. The van der Waals surface area contributed by atoms with Gasteiger partial charge in [-0.2, -0.15) is 8.42 Å². The van der Waals surface area contributed by atoms with Crippen molar-refractivity contribution in [2.45, 2.75) is 135 Å². The number of hydrogen-bond acceptors (Lipinski definition) is 9. The maximum absolute atomic E-state index is 10.9. The van der Waals surface area contributed by atoms with Gasteiger partial charge in [0.1, 0.15) is 6.61 Å². The minimum absolute atomic E-state index is 0.0291. The molecule has 0 saturated heterocycles. The van der Waals surface area contributed by atoms with Crippen LogP contribution in [0.25, 0.3) is 0 Å². The molecule has 10 heteroatoms. The molecular formula is C31H64O9S. The van der Waals surface area contributed by atoms with Gasteiger partial charge in [-0.25, -0.2) is 0 Å². The van der Waals surface area contributed by atoms with E-state index in [1.807, 2.05) is 13.8 Å². The first-order valence-electron chi connectivity index (χ1n) is 16.0. The van der Waals surface area contributed by atoms with Crippen LogP contribution < -0.4 is 0 Å². The summed E-state index contributed by atoms with van der Waals surface area (Å²) in [5.41, 5.74) is 0. The molecule has 0 N–H and O–H groups in total. The third kappa shape index (κ3) is 28.2. The van der Waals surface area contributed by atoms with Crippen LogP contribution in [0.15, 0.2) is 0 Å². The summed E-state index contributed by atoms with van der Waals surface area (Å²) in [5.74, 6) is -0.634. The van der Waals surface area contributed by atoms with Crippen molar-refractivity contribution in [3.63, 3.8) is 0 Å². The number of rotatable bonds is 32. The molecule has 0 aliphatic heterocycles. The predicted octanol–water partition coefficient (Wildman–Crippen LogP) is 6.67. The molecule has 0 fully saturated rings. The van der Waals surface area contributed by atoms with Crippen LogP contribution in [-0.4, -0.2) is 93.1 Å². The molecular weight excluding hydrogens is 548 g/mol. The average Bonchev–Trinajstić information content (AvgIpc) is 2.94. The van der Waals surface area contributed by atoms with Crippen molar-refractivity contribution in [1.29, 1.82) is 0 Å². The highest BCUT2D eigenvalue weighted by atomic mass is 32.2. The summed E-state index contributed by atoms with van der Waals surface area (Å²) in [7, 11) is -0.122. The monoisotopic (exact) mass is 612 g/mol. The standard InChI is InChI=1S/C31H64O9S/c1-7-30(40-29(2)27-37-24-23-36-25-26-39-41(6,32)33)21-19-17-15-13-11-9-8-10-12-14-16-18-20-22-38-28-31(3,34-4)35-5/h29-30H,7-28H2,1-6H3. The maximum Gasteiger partial charge on any atom is 0.264 e. The van der Waals surface area contributed by atoms with Crippen molar-refractivity contribution >= 4 is 10.1 Å². The predicted molar refractivity (Wildman–Crippen MR) is 165 cm³/mol. The van der Waals surface area contributed by atoms with Crippen molar-refractivity contribution < 1.29 is 41.0 Å². The van der Waals surface area contributed by atoms with E-state index in [0.29, 0.717) is 26.4 Å². The molecule has 0 aliphatic rings. The normalized spacial score (nSPS) is 14.0. The van der Waals surface area contributed by atoms with Crippen LogP contribution in [0.3, 0.4) is 0 Å². The van der Waals surface area contributed by atoms with Gasteiger partial charge in [-0.15, -0.1) is 0 Å². The summed E-state index contributed by atoms with van der Waals surface area (Å²) in [6.07, 6.45) is 20.4. The number of methoxy groups -OCH3 is 2. The molecule has 248 valence electrons. The number of ether oxygens (including phenoxy) is 6. The fourth-order valence-electron chi connectivity index (χ4n) is 4.43. The van der Waals surface area contributed by atoms with Crippen molar-refractivity contribution in [2.24, 2.45) is 0 Å². The molecule has 0 aromatic rings. The lowest BCUT2D eigenvalue weighted by molar-refractivity contribution is -0.222. The molecule has 0 heterocycles. The Hall–Kier alpha value is -0.330. The minimum Gasteiger partial charge on any atom is -0.377 e. The Bertz CT molecular complexity index is 656. The van der Waals surface area contributed by atoms with Crippen LogP contribution >= 0.6 is 0 Å². The zero-order valence-corrected chi connectivity index (χ0v) is 28.1. The molecule has 2 atom stereocenters. The maximum atomic E-state index is 10.9. The Balaban J connectivity index is 3.46. The topological polar surface area (TPSA) is 98.8 Å². The Morgan fingerprint density at radius 3 is 1.66 bits per heavy atom. The van der Waals surface area contributed by atoms with E-state index in [1.54, 1.807) is 14.2 Å². The second-order valence-electron chi connectivity index (χ2n) is 11.2. The van der Waals surface area contributed by atoms with Gasteiger partial charge in [0.05, 0.1) is 51.5 Å². The van der Waals surface area contributed by atoms with Crippen molar-refractivity contribution in [1.82, 2.24) is 0 Å². The molecule has 2 unspecified atom stereocenters. The molecule has 0 aromatic heterocycles. The van der Waals surface area contributed by atoms with Gasteiger partial charge in [-0.05, 0) is 33.1 Å². The van der Waals surface area contributed by atoms with Crippen LogP contribution in [0.2, 0.25) is 0 Å². The molecule has 0 aromatic carbocycles. The van der Waals surface area contributed by atoms with Gasteiger partial charge >= 0.3 is 0 Å². The van der Waals surface area contributed by atoms with E-state index in [0.717, 1.165) is 32.1 Å². The summed E-state index contributed by atoms with van der Waals surface area (Å²) in [4.78, 5) is 0. The summed E-state index contributed by atoms with van der Waals surface area (Å²) >= 11 is 0. The highest BCUT2D eigenvalue weighted by Crippen LogP contribution is 2.16. The van der Waals surface area contributed by atoms with Crippen LogP contribution in [0.5, 0.6) is 0 Å². The van der Waals surface area contributed by atoms with Gasteiger partial charge < -0.3 is 28.4 Å². The first-order chi connectivity index (χ1) is 19.7. The van der Waals surface area contributed by atoms with Gasteiger partial charge in [0.15, 0.2) is 5.79 Å². The van der Waals surface area contributed by atoms with E-state index in [4.69, 9.17) is 28.4 Å². The Kier molecular flexibility index (Phi) is 27.0. The van der Waals surface area contributed by atoms with E-state index in [2.05, 4.69) is 11.1 Å². The lowest BCUT2D eigenvalue weighted by Crippen LogP contribution is -2.35. The average molecular weight is 613 g/mol. The van der Waals surface area contributed by atoms with Gasteiger partial charge in [-0.1, -0.05) is 84.0 Å². The SMILES string of the molecule is CCC(CCCCCCCCCCCCCCCOCC(C)(OC)OC)OC(C)COCCOCCOS(C)(=O)=O. The molecule has 0 bridgehead atoms. The Labute approximate surface area is 252 Å². The van der Waals surface area contributed by atoms with E-state index >= 15 is 0 Å². The third-order valence-electron chi connectivity index (χ3n) is 7.17. The van der Waals surface area contributed by atoms with Crippen molar-refractivity contribution in [2.75, 3.05) is 66.7 Å². The van der Waals surface area contributed by atoms with E-state index < -0.39 is 15.9 Å². The van der Waals surface area contributed by atoms with Gasteiger partial charge in [-0.3, -0.25) is 4.18 Å². The van der Waals surface area contributed by atoms with E-state index in [9.17, 15) is 8.42 Å². The van der Waals surface area contributed by atoms with Crippen molar-refractivity contribution in [3.8, 4) is 0 Å². The number of hydrogen-bond donors (Lipinski definition) is 0. The van der Waals surface area contributed by atoms with Crippen molar-refractivity contribution in [3.05, 3.63) is 0 Å². The second-order valence-corrected chi connectivity index (χ2v) is 12.8. The van der Waals surface area contributed by atoms with E-state index in [1.165, 1.54) is 77.0 Å². The van der Waals surface area contributed by atoms with Gasteiger partial charge in [0.25, 0.3) is 10.1 Å². The molecule has 0 rings (SSSR count). The molecule has 0 radical (unpaired) electrons. The van der Waals surface area contributed by atoms with Crippen LogP contribution in [-0.2, 0) is 42.7 Å². The molecule has 9 nitrogen and oxygen atoms in total. The Morgan fingerprint density at radius 2 is 1.15 bits per heavy atom. The molecule has 0 saturated carbocycles. The third-order valence-corrected chi connectivity index (χ3v) is 7.77. The van der Waals surface area contributed by atoms with Crippen LogP contribution in [0.4, 0.5) is 0 Å². The molecule has 41 heavy (non-hydrogen) atoms. The number of unbranched alkanes of at least 4 members (excludes halogenated alkanes) is 12. The minimum atomic E-state index is -3.41. The first kappa shape index (κ1) is 40.7. The lowest BCUT2D eigenvalue weighted by Gasteiger charge is -2.25. The first-order valence-corrected chi connectivity index (χ1v) is 17.8. The highest BCUT2D eigenvalue weighted by molar-refractivity contribution is 7.85. The smallest absolute Gasteiger partial charge is 0.264 e. The Morgan fingerprint density at radius 1 is 0.659 bits per heavy atom. The van der Waals surface area contributed by atoms with Crippen LogP contribution in [0, 0.1) is 0 Å². The summed E-state index contributed by atoms with van der Waals surface area (Å²) in [6.45, 7) is 8.99. The molecule has 0 spiro atoms. The highest BCUT2D eigenvalue weighted by Gasteiger charge is 2.22. The van der Waals surface area contributed by atoms with E-state index in [-0.39, 0.29) is 25.4 Å². The van der Waals surface area contributed by atoms with Gasteiger partial charge in [0, 0.05) is 20.8 Å². The fourth-order valence-corrected chi connectivity index (χ4v) is 4.80.